The van der Waals surface area contributed by atoms with Crippen LogP contribution in [0.25, 0.3) is 0 Å². The first-order valence-electron chi connectivity index (χ1n) is 11.1. The van der Waals surface area contributed by atoms with Crippen molar-refractivity contribution in [1.29, 1.82) is 0 Å². The third kappa shape index (κ3) is 6.52. The molecule has 4 rings (SSSR count). The van der Waals surface area contributed by atoms with Crippen LogP contribution in [0.15, 0.2) is 53.8 Å². The van der Waals surface area contributed by atoms with Crippen molar-refractivity contribution >= 4 is 35.9 Å². The summed E-state index contributed by atoms with van der Waals surface area (Å²) in [6.07, 6.45) is 7.46. The van der Waals surface area contributed by atoms with Gasteiger partial charge < -0.3 is 15.1 Å². The monoisotopic (exact) mass is 535 g/mol. The van der Waals surface area contributed by atoms with Crippen molar-refractivity contribution in [2.45, 2.75) is 31.8 Å². The van der Waals surface area contributed by atoms with Gasteiger partial charge in [0.2, 0.25) is 5.95 Å². The van der Waals surface area contributed by atoms with Crippen LogP contribution in [0.2, 0.25) is 0 Å². The highest BCUT2D eigenvalue weighted by atomic mass is 127. The minimum Gasteiger partial charge on any atom is -0.355 e. The summed E-state index contributed by atoms with van der Waals surface area (Å²) < 4.78 is 0. The molecule has 31 heavy (non-hydrogen) atoms. The van der Waals surface area contributed by atoms with E-state index in [4.69, 9.17) is 0 Å². The fourth-order valence-corrected chi connectivity index (χ4v) is 4.43. The zero-order valence-corrected chi connectivity index (χ0v) is 20.7. The van der Waals surface area contributed by atoms with Crippen molar-refractivity contribution in [3.63, 3.8) is 0 Å². The van der Waals surface area contributed by atoms with Crippen molar-refractivity contribution in [1.82, 2.24) is 25.1 Å². The molecule has 2 fully saturated rings. The van der Waals surface area contributed by atoms with E-state index in [1.165, 1.54) is 31.4 Å². The highest BCUT2D eigenvalue weighted by Crippen LogP contribution is 2.19. The SMILES string of the molecule is CN=C(NCC1CCCCN1Cc1ccccc1)N1CCN(c2ncccn2)CC1.I. The van der Waals surface area contributed by atoms with Crippen molar-refractivity contribution in [3.05, 3.63) is 54.4 Å². The Hall–Kier alpha value is -1.94. The lowest BCUT2D eigenvalue weighted by atomic mass is 10.0. The Morgan fingerprint density at radius 2 is 1.74 bits per heavy atom. The number of anilines is 1. The van der Waals surface area contributed by atoms with Crippen molar-refractivity contribution in [2.75, 3.05) is 51.2 Å². The number of guanidine groups is 1. The van der Waals surface area contributed by atoms with E-state index in [0.717, 1.165) is 51.2 Å². The number of aliphatic imine (C=N–C) groups is 1. The van der Waals surface area contributed by atoms with E-state index in [9.17, 15) is 0 Å². The lowest BCUT2D eigenvalue weighted by Gasteiger charge is -2.39. The average Bonchev–Trinajstić information content (AvgIpc) is 2.82. The number of benzene rings is 1. The second-order valence-corrected chi connectivity index (χ2v) is 8.06. The smallest absolute Gasteiger partial charge is 0.225 e. The number of piperidine rings is 1. The third-order valence-electron chi connectivity index (χ3n) is 6.10. The molecule has 0 bridgehead atoms. The van der Waals surface area contributed by atoms with Crippen molar-refractivity contribution < 1.29 is 0 Å². The lowest BCUT2D eigenvalue weighted by molar-refractivity contribution is 0.140. The van der Waals surface area contributed by atoms with Gasteiger partial charge in [0.05, 0.1) is 0 Å². The predicted octanol–water partition coefficient (Wildman–Crippen LogP) is 2.85. The van der Waals surface area contributed by atoms with E-state index in [0.29, 0.717) is 6.04 Å². The molecule has 8 heteroatoms. The van der Waals surface area contributed by atoms with Gasteiger partial charge in [-0.05, 0) is 31.0 Å². The number of halogens is 1. The van der Waals surface area contributed by atoms with Crippen LogP contribution in [0.1, 0.15) is 24.8 Å². The standard InChI is InChI=1S/C23H33N7.HI/c1-24-22(28-14-16-29(17-15-28)23-25-11-7-12-26-23)27-18-21-10-5-6-13-30(21)19-20-8-3-2-4-9-20;/h2-4,7-9,11-12,21H,5-6,10,13-19H2,1H3,(H,24,27);1H. The summed E-state index contributed by atoms with van der Waals surface area (Å²) in [7, 11) is 1.89. The molecule has 0 amide bonds. The molecule has 3 heterocycles. The lowest BCUT2D eigenvalue weighted by Crippen LogP contribution is -2.55. The van der Waals surface area contributed by atoms with Gasteiger partial charge in [0.25, 0.3) is 0 Å². The summed E-state index contributed by atoms with van der Waals surface area (Å²) in [5, 5.41) is 3.66. The van der Waals surface area contributed by atoms with E-state index in [-0.39, 0.29) is 24.0 Å². The number of hydrogen-bond acceptors (Lipinski definition) is 5. The van der Waals surface area contributed by atoms with Crippen LogP contribution in [-0.2, 0) is 6.54 Å². The minimum atomic E-state index is 0. The molecule has 0 aliphatic carbocycles. The molecule has 1 N–H and O–H groups in total. The Labute approximate surface area is 203 Å². The molecule has 168 valence electrons. The molecule has 0 saturated carbocycles. The normalized spacial score (nSPS) is 20.3. The van der Waals surface area contributed by atoms with Gasteiger partial charge in [0, 0.05) is 64.8 Å². The number of nitrogens with one attached hydrogen (secondary N) is 1. The van der Waals surface area contributed by atoms with E-state index in [2.05, 4.69) is 65.3 Å². The average molecular weight is 535 g/mol. The molecule has 1 aromatic heterocycles. The summed E-state index contributed by atoms with van der Waals surface area (Å²) in [6, 6.07) is 13.2. The molecule has 7 nitrogen and oxygen atoms in total. The molecule has 1 unspecified atom stereocenters. The zero-order valence-electron chi connectivity index (χ0n) is 18.4. The molecule has 2 aliphatic rings. The molecule has 2 saturated heterocycles. The predicted molar refractivity (Wildman–Crippen MR) is 137 cm³/mol. The Bertz CT molecular complexity index is 794. The summed E-state index contributed by atoms with van der Waals surface area (Å²) in [6.45, 7) is 6.83. The van der Waals surface area contributed by atoms with Gasteiger partial charge in [-0.15, -0.1) is 24.0 Å². The minimum absolute atomic E-state index is 0. The van der Waals surface area contributed by atoms with Gasteiger partial charge in [-0.25, -0.2) is 9.97 Å². The number of nitrogens with zero attached hydrogens (tertiary/aromatic N) is 6. The van der Waals surface area contributed by atoms with Crippen molar-refractivity contribution in [3.8, 4) is 0 Å². The Morgan fingerprint density at radius 1 is 1.00 bits per heavy atom. The first kappa shape index (κ1) is 23.7. The molecular weight excluding hydrogens is 501 g/mol. The molecule has 1 aromatic carbocycles. The first-order valence-corrected chi connectivity index (χ1v) is 11.1. The fraction of sp³-hybridized carbons (Fsp3) is 0.522. The van der Waals surface area contributed by atoms with Crippen LogP contribution >= 0.6 is 24.0 Å². The Balaban J connectivity index is 0.00000272. The maximum atomic E-state index is 4.57. The summed E-state index contributed by atoms with van der Waals surface area (Å²) in [5.74, 6) is 1.83. The number of likely N-dealkylation sites (tertiary alicyclic amines) is 1. The van der Waals surface area contributed by atoms with Crippen molar-refractivity contribution in [2.24, 2.45) is 4.99 Å². The van der Waals surface area contributed by atoms with Crippen LogP contribution in [0.5, 0.6) is 0 Å². The van der Waals surface area contributed by atoms with Crippen LogP contribution in [0.4, 0.5) is 5.95 Å². The molecule has 1 atom stereocenters. The molecule has 2 aliphatic heterocycles. The van der Waals surface area contributed by atoms with E-state index >= 15 is 0 Å². The molecule has 2 aromatic rings. The zero-order chi connectivity index (χ0) is 20.6. The fourth-order valence-electron chi connectivity index (χ4n) is 4.43. The van der Waals surface area contributed by atoms with Gasteiger partial charge in [-0.2, -0.15) is 0 Å². The summed E-state index contributed by atoms with van der Waals surface area (Å²) in [4.78, 5) is 20.5. The Kier molecular flexibility index (Phi) is 9.32. The van der Waals surface area contributed by atoms with E-state index in [1.807, 2.05) is 13.1 Å². The van der Waals surface area contributed by atoms with Gasteiger partial charge in [0.1, 0.15) is 0 Å². The number of piperazine rings is 1. The van der Waals surface area contributed by atoms with Gasteiger partial charge in [-0.1, -0.05) is 36.8 Å². The van der Waals surface area contributed by atoms with Gasteiger partial charge in [-0.3, -0.25) is 9.89 Å². The largest absolute Gasteiger partial charge is 0.355 e. The van der Waals surface area contributed by atoms with Crippen LogP contribution < -0.4 is 10.2 Å². The number of hydrogen-bond donors (Lipinski definition) is 1. The van der Waals surface area contributed by atoms with Gasteiger partial charge in [0.15, 0.2) is 5.96 Å². The topological polar surface area (TPSA) is 59.9 Å². The molecule has 0 spiro atoms. The second-order valence-electron chi connectivity index (χ2n) is 8.06. The summed E-state index contributed by atoms with van der Waals surface area (Å²) in [5.41, 5.74) is 1.40. The van der Waals surface area contributed by atoms with Gasteiger partial charge >= 0.3 is 0 Å². The highest BCUT2D eigenvalue weighted by molar-refractivity contribution is 14.0. The highest BCUT2D eigenvalue weighted by Gasteiger charge is 2.25. The number of aromatic nitrogens is 2. The maximum Gasteiger partial charge on any atom is 0.225 e. The van der Waals surface area contributed by atoms with E-state index < -0.39 is 0 Å². The number of rotatable bonds is 5. The van der Waals surface area contributed by atoms with Crippen LogP contribution in [0, 0.1) is 0 Å². The van der Waals surface area contributed by atoms with Crippen LogP contribution in [-0.4, -0.2) is 78.1 Å². The second kappa shape index (κ2) is 12.2. The molecular formula is C23H34IN7. The third-order valence-corrected chi connectivity index (χ3v) is 6.10. The maximum absolute atomic E-state index is 4.57. The quantitative estimate of drug-likeness (QED) is 0.361. The van der Waals surface area contributed by atoms with Crippen LogP contribution in [0.3, 0.4) is 0 Å². The summed E-state index contributed by atoms with van der Waals surface area (Å²) >= 11 is 0. The Morgan fingerprint density at radius 3 is 2.45 bits per heavy atom. The van der Waals surface area contributed by atoms with E-state index in [1.54, 1.807) is 12.4 Å². The molecule has 0 radical (unpaired) electrons. The first-order chi connectivity index (χ1) is 14.8.